The largest absolute Gasteiger partial charge is 0.489 e. The molecule has 1 aromatic heterocycles. The van der Waals surface area contributed by atoms with Gasteiger partial charge in [0.25, 0.3) is 0 Å². The number of likely N-dealkylation sites (tertiary alicyclic amines) is 1. The Morgan fingerprint density at radius 2 is 2.09 bits per heavy atom. The SMILES string of the molecule is c1ccc(CN2CCC(Oc3ccc4[nH]ncc4c3)C2)cc1. The fraction of sp³-hybridized carbons (Fsp3) is 0.278. The molecule has 0 spiro atoms. The molecule has 22 heavy (non-hydrogen) atoms. The minimum Gasteiger partial charge on any atom is -0.489 e. The first-order valence-electron chi connectivity index (χ1n) is 7.73. The first kappa shape index (κ1) is 13.3. The zero-order valence-electron chi connectivity index (χ0n) is 12.4. The third-order valence-corrected chi connectivity index (χ3v) is 4.19. The van der Waals surface area contributed by atoms with Gasteiger partial charge in [0.2, 0.25) is 0 Å². The minimum atomic E-state index is 0.271. The summed E-state index contributed by atoms with van der Waals surface area (Å²) in [6.45, 7) is 3.08. The highest BCUT2D eigenvalue weighted by atomic mass is 16.5. The van der Waals surface area contributed by atoms with Crippen LogP contribution in [0.2, 0.25) is 0 Å². The van der Waals surface area contributed by atoms with Crippen molar-refractivity contribution >= 4 is 10.9 Å². The van der Waals surface area contributed by atoms with Gasteiger partial charge in [0.15, 0.2) is 0 Å². The molecule has 0 bridgehead atoms. The second-order valence-electron chi connectivity index (χ2n) is 5.87. The van der Waals surface area contributed by atoms with Gasteiger partial charge in [-0.3, -0.25) is 10.00 Å². The van der Waals surface area contributed by atoms with Gasteiger partial charge >= 0.3 is 0 Å². The van der Waals surface area contributed by atoms with E-state index in [1.807, 2.05) is 18.3 Å². The molecule has 1 unspecified atom stereocenters. The van der Waals surface area contributed by atoms with Crippen LogP contribution in [0.5, 0.6) is 5.75 Å². The molecule has 1 fully saturated rings. The predicted octanol–water partition coefficient (Wildman–Crippen LogP) is 3.22. The Hall–Kier alpha value is -2.33. The van der Waals surface area contributed by atoms with Gasteiger partial charge in [-0.1, -0.05) is 30.3 Å². The lowest BCUT2D eigenvalue weighted by atomic mass is 10.2. The van der Waals surface area contributed by atoms with Gasteiger partial charge in [-0.2, -0.15) is 5.10 Å². The minimum absolute atomic E-state index is 0.271. The average molecular weight is 293 g/mol. The van der Waals surface area contributed by atoms with Crippen LogP contribution in [0, 0.1) is 0 Å². The van der Waals surface area contributed by atoms with E-state index in [-0.39, 0.29) is 6.10 Å². The highest BCUT2D eigenvalue weighted by molar-refractivity contribution is 5.79. The Labute approximate surface area is 129 Å². The Balaban J connectivity index is 1.38. The van der Waals surface area contributed by atoms with Crippen LogP contribution in [-0.4, -0.2) is 34.3 Å². The van der Waals surface area contributed by atoms with Crippen molar-refractivity contribution in [2.45, 2.75) is 19.1 Å². The molecule has 112 valence electrons. The topological polar surface area (TPSA) is 41.1 Å². The Morgan fingerprint density at radius 3 is 3.00 bits per heavy atom. The highest BCUT2D eigenvalue weighted by Gasteiger charge is 2.23. The van der Waals surface area contributed by atoms with Crippen molar-refractivity contribution in [3.63, 3.8) is 0 Å². The number of hydrogen-bond donors (Lipinski definition) is 1. The van der Waals surface area contributed by atoms with E-state index < -0.39 is 0 Å². The third-order valence-electron chi connectivity index (χ3n) is 4.19. The van der Waals surface area contributed by atoms with Crippen LogP contribution in [0.4, 0.5) is 0 Å². The van der Waals surface area contributed by atoms with Crippen molar-refractivity contribution in [1.82, 2.24) is 15.1 Å². The summed E-state index contributed by atoms with van der Waals surface area (Å²) in [5.41, 5.74) is 2.41. The summed E-state index contributed by atoms with van der Waals surface area (Å²) < 4.78 is 6.14. The summed E-state index contributed by atoms with van der Waals surface area (Å²) in [4.78, 5) is 2.45. The lowest BCUT2D eigenvalue weighted by molar-refractivity contribution is 0.198. The normalized spacial score (nSPS) is 18.8. The lowest BCUT2D eigenvalue weighted by Crippen LogP contribution is -2.24. The number of nitrogens with zero attached hydrogens (tertiary/aromatic N) is 2. The summed E-state index contributed by atoms with van der Waals surface area (Å²) >= 11 is 0. The molecular formula is C18H19N3O. The van der Waals surface area contributed by atoms with Gasteiger partial charge in [0, 0.05) is 25.0 Å². The van der Waals surface area contributed by atoms with Crippen LogP contribution in [0.15, 0.2) is 54.7 Å². The molecule has 1 N–H and O–H groups in total. The van der Waals surface area contributed by atoms with E-state index in [1.165, 1.54) is 5.56 Å². The Kier molecular flexibility index (Phi) is 3.52. The van der Waals surface area contributed by atoms with Crippen molar-refractivity contribution < 1.29 is 4.74 Å². The van der Waals surface area contributed by atoms with Gasteiger partial charge < -0.3 is 4.74 Å². The van der Waals surface area contributed by atoms with Gasteiger partial charge in [-0.25, -0.2) is 0 Å². The van der Waals surface area contributed by atoms with Gasteiger partial charge in [0.1, 0.15) is 11.9 Å². The number of rotatable bonds is 4. The number of benzene rings is 2. The number of aromatic amines is 1. The van der Waals surface area contributed by atoms with Crippen molar-refractivity contribution in [3.8, 4) is 5.75 Å². The monoisotopic (exact) mass is 293 g/mol. The number of nitrogens with one attached hydrogen (secondary N) is 1. The summed E-state index contributed by atoms with van der Waals surface area (Å²) in [5.74, 6) is 0.931. The van der Waals surface area contributed by atoms with E-state index in [1.54, 1.807) is 0 Å². The summed E-state index contributed by atoms with van der Waals surface area (Å²) in [6.07, 6.45) is 3.18. The van der Waals surface area contributed by atoms with Gasteiger partial charge in [-0.05, 0) is 30.2 Å². The molecule has 3 aromatic rings. The molecule has 1 atom stereocenters. The first-order valence-corrected chi connectivity index (χ1v) is 7.73. The van der Waals surface area contributed by atoms with E-state index in [4.69, 9.17) is 4.74 Å². The number of fused-ring (bicyclic) bond motifs is 1. The Morgan fingerprint density at radius 1 is 1.18 bits per heavy atom. The molecule has 0 radical (unpaired) electrons. The van der Waals surface area contributed by atoms with E-state index in [9.17, 15) is 0 Å². The molecule has 0 aliphatic carbocycles. The zero-order chi connectivity index (χ0) is 14.8. The van der Waals surface area contributed by atoms with E-state index in [2.05, 4.69) is 51.5 Å². The molecule has 4 rings (SSSR count). The molecule has 1 aliphatic heterocycles. The first-order chi connectivity index (χ1) is 10.9. The van der Waals surface area contributed by atoms with Gasteiger partial charge in [0.05, 0.1) is 11.7 Å². The van der Waals surface area contributed by atoms with Gasteiger partial charge in [-0.15, -0.1) is 0 Å². The van der Waals surface area contributed by atoms with Crippen LogP contribution in [-0.2, 0) is 6.54 Å². The van der Waals surface area contributed by atoms with Crippen molar-refractivity contribution in [2.75, 3.05) is 13.1 Å². The molecule has 0 saturated carbocycles. The van der Waals surface area contributed by atoms with Crippen molar-refractivity contribution in [1.29, 1.82) is 0 Å². The standard InChI is InChI=1S/C18H19N3O/c1-2-4-14(5-3-1)12-21-9-8-17(13-21)22-16-6-7-18-15(10-16)11-19-20-18/h1-7,10-11,17H,8-9,12-13H2,(H,19,20). The second-order valence-corrected chi connectivity index (χ2v) is 5.87. The third kappa shape index (κ3) is 2.83. The lowest BCUT2D eigenvalue weighted by Gasteiger charge is -2.17. The number of aromatic nitrogens is 2. The number of hydrogen-bond acceptors (Lipinski definition) is 3. The van der Waals surface area contributed by atoms with Crippen molar-refractivity contribution in [2.24, 2.45) is 0 Å². The van der Waals surface area contributed by atoms with Crippen LogP contribution in [0.1, 0.15) is 12.0 Å². The summed E-state index contributed by atoms with van der Waals surface area (Å²) in [5, 5.41) is 8.10. The van der Waals surface area contributed by atoms with Crippen LogP contribution in [0.25, 0.3) is 10.9 Å². The second kappa shape index (κ2) is 5.81. The maximum absolute atomic E-state index is 6.14. The number of H-pyrrole nitrogens is 1. The van der Waals surface area contributed by atoms with Crippen LogP contribution < -0.4 is 4.74 Å². The van der Waals surface area contributed by atoms with E-state index in [0.29, 0.717) is 0 Å². The summed E-state index contributed by atoms with van der Waals surface area (Å²) in [7, 11) is 0. The summed E-state index contributed by atoms with van der Waals surface area (Å²) in [6, 6.07) is 16.7. The van der Waals surface area contributed by atoms with Crippen LogP contribution in [0.3, 0.4) is 0 Å². The van der Waals surface area contributed by atoms with E-state index >= 15 is 0 Å². The fourth-order valence-electron chi connectivity index (χ4n) is 3.07. The molecular weight excluding hydrogens is 274 g/mol. The fourth-order valence-corrected chi connectivity index (χ4v) is 3.07. The molecule has 2 aromatic carbocycles. The molecule has 2 heterocycles. The zero-order valence-corrected chi connectivity index (χ0v) is 12.4. The molecule has 1 aliphatic rings. The molecule has 0 amide bonds. The smallest absolute Gasteiger partial charge is 0.120 e. The quantitative estimate of drug-likeness (QED) is 0.803. The Bertz CT molecular complexity index is 753. The predicted molar refractivity (Wildman–Crippen MR) is 86.8 cm³/mol. The van der Waals surface area contributed by atoms with E-state index in [0.717, 1.165) is 42.7 Å². The maximum atomic E-state index is 6.14. The highest BCUT2D eigenvalue weighted by Crippen LogP contribution is 2.23. The van der Waals surface area contributed by atoms with Crippen molar-refractivity contribution in [3.05, 3.63) is 60.3 Å². The number of ether oxygens (including phenoxy) is 1. The molecule has 4 heteroatoms. The molecule has 1 saturated heterocycles. The van der Waals surface area contributed by atoms with Crippen LogP contribution >= 0.6 is 0 Å². The maximum Gasteiger partial charge on any atom is 0.120 e. The average Bonchev–Trinajstić information content (AvgIpc) is 3.17. The molecule has 4 nitrogen and oxygen atoms in total.